The summed E-state index contributed by atoms with van der Waals surface area (Å²) < 4.78 is 0. The standard InChI is InChI=1S/C17H21N3O/c1-13-8-9-16(15(18)10-13)19-17(21)12-20(2)11-14-6-4-3-5-7-14/h3-10H,11-12,18H2,1-2H3,(H,19,21). The minimum atomic E-state index is -0.0658. The minimum absolute atomic E-state index is 0.0658. The van der Waals surface area contributed by atoms with Gasteiger partial charge in [-0.3, -0.25) is 9.69 Å². The maximum Gasteiger partial charge on any atom is 0.238 e. The fraction of sp³-hybridized carbons (Fsp3) is 0.235. The number of nitrogens with two attached hydrogens (primary N) is 1. The number of hydrogen-bond acceptors (Lipinski definition) is 3. The molecule has 0 aliphatic carbocycles. The van der Waals surface area contributed by atoms with Gasteiger partial charge in [-0.15, -0.1) is 0 Å². The van der Waals surface area contributed by atoms with Crippen molar-refractivity contribution in [2.45, 2.75) is 13.5 Å². The number of nitrogens with zero attached hydrogens (tertiary/aromatic N) is 1. The second-order valence-electron chi connectivity index (χ2n) is 5.30. The summed E-state index contributed by atoms with van der Waals surface area (Å²) in [6, 6.07) is 15.7. The van der Waals surface area contributed by atoms with Gasteiger partial charge in [0.1, 0.15) is 0 Å². The maximum absolute atomic E-state index is 12.0. The maximum atomic E-state index is 12.0. The molecule has 0 atom stereocenters. The fourth-order valence-electron chi connectivity index (χ4n) is 2.18. The number of nitrogens with one attached hydrogen (secondary N) is 1. The lowest BCUT2D eigenvalue weighted by Gasteiger charge is -2.17. The third-order valence-electron chi connectivity index (χ3n) is 3.19. The molecule has 2 aromatic carbocycles. The first kappa shape index (κ1) is 15.1. The van der Waals surface area contributed by atoms with Crippen molar-refractivity contribution >= 4 is 17.3 Å². The lowest BCUT2D eigenvalue weighted by atomic mass is 10.2. The van der Waals surface area contributed by atoms with E-state index in [9.17, 15) is 4.79 Å². The Morgan fingerprint density at radius 1 is 1.19 bits per heavy atom. The van der Waals surface area contributed by atoms with E-state index in [0.717, 1.165) is 12.1 Å². The molecule has 0 bridgehead atoms. The van der Waals surface area contributed by atoms with Crippen LogP contribution >= 0.6 is 0 Å². The van der Waals surface area contributed by atoms with Gasteiger partial charge in [-0.1, -0.05) is 36.4 Å². The van der Waals surface area contributed by atoms with Crippen LogP contribution in [0, 0.1) is 6.92 Å². The van der Waals surface area contributed by atoms with E-state index in [1.807, 2.05) is 67.4 Å². The predicted octanol–water partition coefficient (Wildman–Crippen LogP) is 2.65. The third-order valence-corrected chi connectivity index (χ3v) is 3.19. The molecule has 4 nitrogen and oxygen atoms in total. The molecule has 0 aliphatic rings. The Labute approximate surface area is 125 Å². The molecule has 0 saturated heterocycles. The van der Waals surface area contributed by atoms with Gasteiger partial charge in [0, 0.05) is 6.54 Å². The number of amides is 1. The highest BCUT2D eigenvalue weighted by molar-refractivity contribution is 5.95. The number of anilines is 2. The van der Waals surface area contributed by atoms with Crippen LogP contribution in [-0.2, 0) is 11.3 Å². The zero-order chi connectivity index (χ0) is 15.2. The summed E-state index contributed by atoms with van der Waals surface area (Å²) in [7, 11) is 1.92. The van der Waals surface area contributed by atoms with Crippen molar-refractivity contribution in [3.05, 3.63) is 59.7 Å². The van der Waals surface area contributed by atoms with Gasteiger partial charge in [0.05, 0.1) is 17.9 Å². The molecule has 0 unspecified atom stereocenters. The molecule has 110 valence electrons. The van der Waals surface area contributed by atoms with Crippen molar-refractivity contribution in [2.24, 2.45) is 0 Å². The Balaban J connectivity index is 1.89. The highest BCUT2D eigenvalue weighted by Gasteiger charge is 2.09. The van der Waals surface area contributed by atoms with Crippen LogP contribution in [0.4, 0.5) is 11.4 Å². The van der Waals surface area contributed by atoms with Crippen molar-refractivity contribution in [3.8, 4) is 0 Å². The Morgan fingerprint density at radius 3 is 2.57 bits per heavy atom. The molecular formula is C17H21N3O. The summed E-state index contributed by atoms with van der Waals surface area (Å²) in [6.07, 6.45) is 0. The smallest absolute Gasteiger partial charge is 0.238 e. The minimum Gasteiger partial charge on any atom is -0.397 e. The predicted molar refractivity (Wildman–Crippen MR) is 87.0 cm³/mol. The monoisotopic (exact) mass is 283 g/mol. The zero-order valence-corrected chi connectivity index (χ0v) is 12.5. The van der Waals surface area contributed by atoms with Gasteiger partial charge in [0.25, 0.3) is 0 Å². The number of carbonyl (C=O) groups excluding carboxylic acids is 1. The van der Waals surface area contributed by atoms with Gasteiger partial charge in [0.2, 0.25) is 5.91 Å². The van der Waals surface area contributed by atoms with Gasteiger partial charge < -0.3 is 11.1 Å². The number of likely N-dealkylation sites (N-methyl/N-ethyl adjacent to an activating group) is 1. The second kappa shape index (κ2) is 6.90. The number of benzene rings is 2. The van der Waals surface area contributed by atoms with Gasteiger partial charge in [-0.25, -0.2) is 0 Å². The fourth-order valence-corrected chi connectivity index (χ4v) is 2.18. The second-order valence-corrected chi connectivity index (χ2v) is 5.30. The van der Waals surface area contributed by atoms with E-state index in [4.69, 9.17) is 5.73 Å². The molecule has 0 heterocycles. The van der Waals surface area contributed by atoms with E-state index in [1.165, 1.54) is 5.56 Å². The Hall–Kier alpha value is -2.33. The van der Waals surface area contributed by atoms with Crippen LogP contribution in [0.3, 0.4) is 0 Å². The normalized spacial score (nSPS) is 10.6. The summed E-state index contributed by atoms with van der Waals surface area (Å²) in [5, 5.41) is 2.85. The summed E-state index contributed by atoms with van der Waals surface area (Å²) >= 11 is 0. The number of aryl methyl sites for hydroxylation is 1. The van der Waals surface area contributed by atoms with Crippen LogP contribution in [0.2, 0.25) is 0 Å². The van der Waals surface area contributed by atoms with Crippen molar-refractivity contribution in [3.63, 3.8) is 0 Å². The first-order valence-electron chi connectivity index (χ1n) is 6.93. The van der Waals surface area contributed by atoms with Gasteiger partial charge >= 0.3 is 0 Å². The van der Waals surface area contributed by atoms with Gasteiger partial charge in [-0.2, -0.15) is 0 Å². The Bertz CT molecular complexity index is 611. The molecule has 0 aromatic heterocycles. The summed E-state index contributed by atoms with van der Waals surface area (Å²) in [5.74, 6) is -0.0658. The molecule has 21 heavy (non-hydrogen) atoms. The lowest BCUT2D eigenvalue weighted by Crippen LogP contribution is -2.30. The Morgan fingerprint density at radius 2 is 1.90 bits per heavy atom. The molecular weight excluding hydrogens is 262 g/mol. The lowest BCUT2D eigenvalue weighted by molar-refractivity contribution is -0.117. The first-order chi connectivity index (χ1) is 10.0. The average molecular weight is 283 g/mol. The largest absolute Gasteiger partial charge is 0.397 e. The van der Waals surface area contributed by atoms with E-state index in [-0.39, 0.29) is 5.91 Å². The van der Waals surface area contributed by atoms with Gasteiger partial charge in [-0.05, 0) is 37.2 Å². The van der Waals surface area contributed by atoms with E-state index >= 15 is 0 Å². The SMILES string of the molecule is Cc1ccc(NC(=O)CN(C)Cc2ccccc2)c(N)c1. The summed E-state index contributed by atoms with van der Waals surface area (Å²) in [5.41, 5.74) is 9.41. The molecule has 2 aromatic rings. The van der Waals surface area contributed by atoms with Crippen molar-refractivity contribution in [2.75, 3.05) is 24.6 Å². The molecule has 2 rings (SSSR count). The van der Waals surface area contributed by atoms with Crippen molar-refractivity contribution < 1.29 is 4.79 Å². The van der Waals surface area contributed by atoms with Crippen LogP contribution in [0.5, 0.6) is 0 Å². The molecule has 0 saturated carbocycles. The van der Waals surface area contributed by atoms with E-state index in [2.05, 4.69) is 5.32 Å². The molecule has 0 fully saturated rings. The van der Waals surface area contributed by atoms with Crippen molar-refractivity contribution in [1.29, 1.82) is 0 Å². The molecule has 0 aliphatic heterocycles. The van der Waals surface area contributed by atoms with Crippen LogP contribution in [-0.4, -0.2) is 24.4 Å². The number of hydrogen-bond donors (Lipinski definition) is 2. The summed E-state index contributed by atoms with van der Waals surface area (Å²) in [6.45, 7) is 3.02. The van der Waals surface area contributed by atoms with Crippen LogP contribution in [0.1, 0.15) is 11.1 Å². The van der Waals surface area contributed by atoms with Gasteiger partial charge in [0.15, 0.2) is 0 Å². The number of carbonyl (C=O) groups is 1. The number of nitrogen functional groups attached to an aromatic ring is 1. The van der Waals surface area contributed by atoms with Crippen molar-refractivity contribution in [1.82, 2.24) is 4.90 Å². The molecule has 3 N–H and O–H groups in total. The first-order valence-corrected chi connectivity index (χ1v) is 6.93. The highest BCUT2D eigenvalue weighted by Crippen LogP contribution is 2.19. The third kappa shape index (κ3) is 4.61. The molecule has 4 heteroatoms. The van der Waals surface area contributed by atoms with E-state index < -0.39 is 0 Å². The Kier molecular flexibility index (Phi) is 4.95. The quantitative estimate of drug-likeness (QED) is 0.829. The zero-order valence-electron chi connectivity index (χ0n) is 12.5. The molecule has 0 spiro atoms. The van der Waals surface area contributed by atoms with Crippen LogP contribution < -0.4 is 11.1 Å². The van der Waals surface area contributed by atoms with Crippen LogP contribution in [0.15, 0.2) is 48.5 Å². The van der Waals surface area contributed by atoms with E-state index in [0.29, 0.717) is 17.9 Å². The average Bonchev–Trinajstić information content (AvgIpc) is 2.43. The topological polar surface area (TPSA) is 58.4 Å². The molecule has 1 amide bonds. The highest BCUT2D eigenvalue weighted by atomic mass is 16.2. The summed E-state index contributed by atoms with van der Waals surface area (Å²) in [4.78, 5) is 14.0. The van der Waals surface area contributed by atoms with E-state index in [1.54, 1.807) is 0 Å². The molecule has 0 radical (unpaired) electrons. The number of rotatable bonds is 5. The van der Waals surface area contributed by atoms with Crippen LogP contribution in [0.25, 0.3) is 0 Å².